The molecular weight excluding hydrogens is 288 g/mol. The molecule has 2 heterocycles. The van der Waals surface area contributed by atoms with Crippen LogP contribution in [0.5, 0.6) is 0 Å². The maximum absolute atomic E-state index is 12.5. The maximum Gasteiger partial charge on any atom is 0.227 e. The Morgan fingerprint density at radius 1 is 1.29 bits per heavy atom. The predicted molar refractivity (Wildman–Crippen MR) is 82.2 cm³/mol. The number of carbonyl (C=O) groups is 1. The summed E-state index contributed by atoms with van der Waals surface area (Å²) in [5.74, 6) is 0.439. The normalized spacial score (nSPS) is 23.5. The van der Waals surface area contributed by atoms with Crippen molar-refractivity contribution in [2.75, 3.05) is 39.4 Å². The SMILES string of the molecule is O=C(C1CCN(Cc2cccc(Cl)c2)C1)N1CCOCC1. The van der Waals surface area contributed by atoms with E-state index in [0.717, 1.165) is 44.2 Å². The van der Waals surface area contributed by atoms with Crippen LogP contribution in [-0.2, 0) is 16.1 Å². The first-order chi connectivity index (χ1) is 10.2. The van der Waals surface area contributed by atoms with Crippen LogP contribution in [0.1, 0.15) is 12.0 Å². The molecule has 0 radical (unpaired) electrons. The lowest BCUT2D eigenvalue weighted by Gasteiger charge is -2.29. The molecule has 2 fully saturated rings. The van der Waals surface area contributed by atoms with Gasteiger partial charge in [0.2, 0.25) is 5.91 Å². The third-order valence-corrected chi connectivity index (χ3v) is 4.47. The molecule has 1 unspecified atom stereocenters. The fourth-order valence-electron chi connectivity index (χ4n) is 3.11. The van der Waals surface area contributed by atoms with Gasteiger partial charge in [0.05, 0.1) is 19.1 Å². The minimum absolute atomic E-state index is 0.141. The van der Waals surface area contributed by atoms with E-state index in [0.29, 0.717) is 19.1 Å². The Kier molecular flexibility index (Phi) is 4.78. The van der Waals surface area contributed by atoms with Crippen LogP contribution in [0.4, 0.5) is 0 Å². The van der Waals surface area contributed by atoms with Gasteiger partial charge in [0, 0.05) is 31.2 Å². The van der Waals surface area contributed by atoms with Gasteiger partial charge in [-0.05, 0) is 30.7 Å². The number of benzene rings is 1. The molecule has 0 saturated carbocycles. The minimum atomic E-state index is 0.141. The van der Waals surface area contributed by atoms with Crippen molar-refractivity contribution in [3.8, 4) is 0 Å². The summed E-state index contributed by atoms with van der Waals surface area (Å²) in [5.41, 5.74) is 1.21. The standard InChI is InChI=1S/C16H21ClN2O2/c17-15-3-1-2-13(10-15)11-18-5-4-14(12-18)16(20)19-6-8-21-9-7-19/h1-3,10,14H,4-9,11-12H2. The van der Waals surface area contributed by atoms with E-state index in [1.54, 1.807) is 0 Å². The van der Waals surface area contributed by atoms with Gasteiger partial charge in [-0.2, -0.15) is 0 Å². The van der Waals surface area contributed by atoms with E-state index in [4.69, 9.17) is 16.3 Å². The second kappa shape index (κ2) is 6.77. The minimum Gasteiger partial charge on any atom is -0.378 e. The molecular formula is C16H21ClN2O2. The molecule has 1 aromatic carbocycles. The van der Waals surface area contributed by atoms with Gasteiger partial charge in [-0.25, -0.2) is 0 Å². The molecule has 4 nitrogen and oxygen atoms in total. The van der Waals surface area contributed by atoms with Gasteiger partial charge in [-0.3, -0.25) is 9.69 Å². The fraction of sp³-hybridized carbons (Fsp3) is 0.562. The lowest BCUT2D eigenvalue weighted by atomic mass is 10.1. The lowest BCUT2D eigenvalue weighted by molar-refractivity contribution is -0.139. The molecule has 0 bridgehead atoms. The predicted octanol–water partition coefficient (Wildman–Crippen LogP) is 2.02. The first kappa shape index (κ1) is 14.8. The monoisotopic (exact) mass is 308 g/mol. The number of nitrogens with zero attached hydrogens (tertiary/aromatic N) is 2. The summed E-state index contributed by atoms with van der Waals surface area (Å²) < 4.78 is 5.31. The number of hydrogen-bond donors (Lipinski definition) is 0. The third-order valence-electron chi connectivity index (χ3n) is 4.24. The zero-order valence-corrected chi connectivity index (χ0v) is 12.9. The van der Waals surface area contributed by atoms with Crippen molar-refractivity contribution in [3.05, 3.63) is 34.9 Å². The van der Waals surface area contributed by atoms with Crippen LogP contribution in [-0.4, -0.2) is 55.1 Å². The molecule has 2 saturated heterocycles. The number of likely N-dealkylation sites (tertiary alicyclic amines) is 1. The van der Waals surface area contributed by atoms with E-state index in [-0.39, 0.29) is 5.92 Å². The summed E-state index contributed by atoms with van der Waals surface area (Å²) in [5, 5.41) is 0.771. The second-order valence-electron chi connectivity index (χ2n) is 5.79. The average molecular weight is 309 g/mol. The summed E-state index contributed by atoms with van der Waals surface area (Å²) in [6, 6.07) is 7.95. The molecule has 0 N–H and O–H groups in total. The summed E-state index contributed by atoms with van der Waals surface area (Å²) in [6.07, 6.45) is 0.955. The van der Waals surface area contributed by atoms with Gasteiger partial charge < -0.3 is 9.64 Å². The number of amides is 1. The molecule has 5 heteroatoms. The molecule has 3 rings (SSSR count). The zero-order chi connectivity index (χ0) is 14.7. The van der Waals surface area contributed by atoms with E-state index in [1.165, 1.54) is 5.56 Å². The molecule has 2 aliphatic heterocycles. The maximum atomic E-state index is 12.5. The van der Waals surface area contributed by atoms with Gasteiger partial charge in [0.15, 0.2) is 0 Å². The van der Waals surface area contributed by atoms with Crippen LogP contribution in [0.2, 0.25) is 5.02 Å². The van der Waals surface area contributed by atoms with Gasteiger partial charge in [-0.1, -0.05) is 23.7 Å². The highest BCUT2D eigenvalue weighted by Crippen LogP contribution is 2.22. The Morgan fingerprint density at radius 3 is 2.86 bits per heavy atom. The third kappa shape index (κ3) is 3.76. The number of morpholine rings is 1. The molecule has 1 aromatic rings. The van der Waals surface area contributed by atoms with Crippen molar-refractivity contribution in [2.24, 2.45) is 5.92 Å². The van der Waals surface area contributed by atoms with E-state index in [1.807, 2.05) is 23.1 Å². The molecule has 0 spiro atoms. The van der Waals surface area contributed by atoms with Crippen LogP contribution in [0.3, 0.4) is 0 Å². The summed E-state index contributed by atoms with van der Waals surface area (Å²) in [7, 11) is 0. The molecule has 0 aromatic heterocycles. The summed E-state index contributed by atoms with van der Waals surface area (Å²) in [4.78, 5) is 16.8. The highest BCUT2D eigenvalue weighted by molar-refractivity contribution is 6.30. The quantitative estimate of drug-likeness (QED) is 0.856. The molecule has 0 aliphatic carbocycles. The average Bonchev–Trinajstić information content (AvgIpc) is 2.96. The van der Waals surface area contributed by atoms with Crippen LogP contribution in [0.25, 0.3) is 0 Å². The van der Waals surface area contributed by atoms with Crippen molar-refractivity contribution >= 4 is 17.5 Å². The van der Waals surface area contributed by atoms with E-state index < -0.39 is 0 Å². The smallest absolute Gasteiger partial charge is 0.227 e. The number of ether oxygens (including phenoxy) is 1. The molecule has 1 amide bonds. The Bertz CT molecular complexity index is 503. The van der Waals surface area contributed by atoms with Gasteiger partial charge in [0.1, 0.15) is 0 Å². The van der Waals surface area contributed by atoms with Gasteiger partial charge >= 0.3 is 0 Å². The van der Waals surface area contributed by atoms with Crippen molar-refractivity contribution in [1.29, 1.82) is 0 Å². The number of hydrogen-bond acceptors (Lipinski definition) is 3. The largest absolute Gasteiger partial charge is 0.378 e. The van der Waals surface area contributed by atoms with Crippen LogP contribution in [0, 0.1) is 5.92 Å². The second-order valence-corrected chi connectivity index (χ2v) is 6.22. The topological polar surface area (TPSA) is 32.8 Å². The highest BCUT2D eigenvalue weighted by atomic mass is 35.5. The highest BCUT2D eigenvalue weighted by Gasteiger charge is 2.31. The summed E-state index contributed by atoms with van der Waals surface area (Å²) >= 11 is 6.02. The number of carbonyl (C=O) groups excluding carboxylic acids is 1. The van der Waals surface area contributed by atoms with Crippen LogP contribution < -0.4 is 0 Å². The van der Waals surface area contributed by atoms with E-state index in [2.05, 4.69) is 11.0 Å². The first-order valence-electron chi connectivity index (χ1n) is 7.56. The Labute approximate surface area is 130 Å². The van der Waals surface area contributed by atoms with Crippen molar-refractivity contribution in [2.45, 2.75) is 13.0 Å². The number of rotatable bonds is 3. The summed E-state index contributed by atoms with van der Waals surface area (Å²) in [6.45, 7) is 5.52. The van der Waals surface area contributed by atoms with E-state index in [9.17, 15) is 4.79 Å². The van der Waals surface area contributed by atoms with Gasteiger partial charge in [-0.15, -0.1) is 0 Å². The first-order valence-corrected chi connectivity index (χ1v) is 7.93. The van der Waals surface area contributed by atoms with Crippen molar-refractivity contribution < 1.29 is 9.53 Å². The Hall–Kier alpha value is -1.10. The zero-order valence-electron chi connectivity index (χ0n) is 12.1. The molecule has 21 heavy (non-hydrogen) atoms. The van der Waals surface area contributed by atoms with Gasteiger partial charge in [0.25, 0.3) is 0 Å². The fourth-order valence-corrected chi connectivity index (χ4v) is 3.33. The van der Waals surface area contributed by atoms with Crippen LogP contribution >= 0.6 is 11.6 Å². The molecule has 114 valence electrons. The molecule has 1 atom stereocenters. The Balaban J connectivity index is 1.54. The molecule has 2 aliphatic rings. The van der Waals surface area contributed by atoms with Crippen LogP contribution in [0.15, 0.2) is 24.3 Å². The van der Waals surface area contributed by atoms with Crippen molar-refractivity contribution in [3.63, 3.8) is 0 Å². The Morgan fingerprint density at radius 2 is 2.10 bits per heavy atom. The van der Waals surface area contributed by atoms with Crippen molar-refractivity contribution in [1.82, 2.24) is 9.80 Å². The number of halogens is 1. The lowest BCUT2D eigenvalue weighted by Crippen LogP contribution is -2.44. The van der Waals surface area contributed by atoms with E-state index >= 15 is 0 Å².